The van der Waals surface area contributed by atoms with Gasteiger partial charge in [0.15, 0.2) is 0 Å². The van der Waals surface area contributed by atoms with E-state index < -0.39 is 37.5 Å². The molecule has 49 heavy (non-hydrogen) atoms. The Bertz CT molecular complexity index is 1000. The van der Waals surface area contributed by atoms with E-state index in [4.69, 9.17) is 22.6 Å². The Morgan fingerprint density at radius 3 is 0.510 bits per heavy atom. The van der Waals surface area contributed by atoms with Crippen molar-refractivity contribution in [2.45, 2.75) is 20.0 Å². The topological polar surface area (TPSA) is 97.5 Å². The molecule has 0 rings (SSSR count). The third-order valence-corrected chi connectivity index (χ3v) is 30.5. The average molecular weight is 799 g/mol. The van der Waals surface area contributed by atoms with Crippen LogP contribution in [-0.4, -0.2) is 231 Å². The summed E-state index contributed by atoms with van der Waals surface area (Å²) in [5.74, 6) is 0. The maximum atomic E-state index is 7.70. The molecule has 0 heterocycles. The zero-order chi connectivity index (χ0) is 39.5. The van der Waals surface area contributed by atoms with Crippen LogP contribution in [-0.2, 0) is 4.52 Å². The first-order chi connectivity index (χ1) is 21.9. The van der Waals surface area contributed by atoms with E-state index in [1.54, 1.807) is 0 Å². The summed E-state index contributed by atoms with van der Waals surface area (Å²) in [5, 5.41) is 0. The zero-order valence-corrected chi connectivity index (χ0v) is 40.8. The molecule has 22 heteroatoms. The van der Waals surface area contributed by atoms with Crippen molar-refractivity contribution < 1.29 is 4.52 Å². The van der Waals surface area contributed by atoms with Crippen molar-refractivity contribution in [2.24, 2.45) is 18.1 Å². The van der Waals surface area contributed by atoms with Gasteiger partial charge in [-0.25, -0.2) is 0 Å². The van der Waals surface area contributed by atoms with Crippen LogP contribution in [0.2, 0.25) is 0 Å². The Morgan fingerprint density at radius 2 is 0.429 bits per heavy atom. The van der Waals surface area contributed by atoms with E-state index in [1.165, 1.54) is 0 Å². The van der Waals surface area contributed by atoms with Crippen molar-refractivity contribution in [3.63, 3.8) is 0 Å². The van der Waals surface area contributed by atoms with Crippen LogP contribution in [0, 0.1) is 0 Å². The van der Waals surface area contributed by atoms with Gasteiger partial charge >= 0.3 is 305 Å². The molecule has 0 bridgehead atoms. The van der Waals surface area contributed by atoms with Crippen LogP contribution in [0.4, 0.5) is 0 Å². The van der Waals surface area contributed by atoms with E-state index >= 15 is 0 Å². The van der Waals surface area contributed by atoms with Crippen LogP contribution in [0.25, 0.3) is 0 Å². The zero-order valence-electron chi connectivity index (χ0n) is 36.4. The molecule has 0 fully saturated rings. The predicted molar refractivity (Wildman–Crippen MR) is 225 cm³/mol. The monoisotopic (exact) mass is 799 g/mol. The molecular formula is C27H79N16OP5. The van der Waals surface area contributed by atoms with E-state index in [0.717, 1.165) is 0 Å². The number of rotatable bonds is 18. The molecule has 0 aliphatic rings. The Labute approximate surface area is 304 Å². The standard InChI is InChI=1S/C27H79N16OP5/c1-27(2)44-49(28-45(32(3)4,33(5)6)34(7)8,29-46(35(9)10,36(11)12)37(13)14,30-47(38(15)16,39(17)18)40(19)20)31-48(41(21)22,42(23)24)43(25)26/h27H,1-26H3. The van der Waals surface area contributed by atoms with Crippen LogP contribution in [0.1, 0.15) is 13.8 Å². The summed E-state index contributed by atoms with van der Waals surface area (Å²) in [6.07, 6.45) is -0.346. The molecule has 0 saturated heterocycles. The van der Waals surface area contributed by atoms with Gasteiger partial charge in [-0.3, -0.25) is 0 Å². The summed E-state index contributed by atoms with van der Waals surface area (Å²) in [7, 11) is 33.7. The van der Waals surface area contributed by atoms with Gasteiger partial charge in [0.25, 0.3) is 0 Å². The van der Waals surface area contributed by atoms with Gasteiger partial charge in [-0.05, 0) is 0 Å². The minimum absolute atomic E-state index is 0.346. The second kappa shape index (κ2) is 18.0. The number of nitrogens with zero attached hydrogens (tertiary/aromatic N) is 16. The van der Waals surface area contributed by atoms with Gasteiger partial charge in [-0.2, -0.15) is 0 Å². The molecule has 0 atom stereocenters. The summed E-state index contributed by atoms with van der Waals surface area (Å²) < 4.78 is 59.2. The van der Waals surface area contributed by atoms with Gasteiger partial charge in [0.2, 0.25) is 0 Å². The van der Waals surface area contributed by atoms with Crippen molar-refractivity contribution in [1.82, 2.24) is 56.0 Å². The first kappa shape index (κ1) is 49.8. The molecule has 0 aromatic rings. The maximum absolute atomic E-state index is 7.70. The minimum atomic E-state index is -5.06. The molecular weight excluding hydrogens is 719 g/mol. The van der Waals surface area contributed by atoms with E-state index in [0.29, 0.717) is 0 Å². The third-order valence-electron chi connectivity index (χ3n) is 7.95. The van der Waals surface area contributed by atoms with Crippen molar-refractivity contribution in [2.75, 3.05) is 169 Å². The van der Waals surface area contributed by atoms with Crippen molar-refractivity contribution in [1.29, 1.82) is 0 Å². The molecule has 0 saturated carbocycles. The fourth-order valence-corrected chi connectivity index (χ4v) is 33.9. The summed E-state index contributed by atoms with van der Waals surface area (Å²) in [6.45, 7) is 4.11. The van der Waals surface area contributed by atoms with Gasteiger partial charge in [-0.1, -0.05) is 0 Å². The van der Waals surface area contributed by atoms with E-state index in [2.05, 4.69) is 239 Å². The Hall–Kier alpha value is 0.830. The van der Waals surface area contributed by atoms with Crippen LogP contribution in [0.5, 0.6) is 0 Å². The van der Waals surface area contributed by atoms with E-state index in [1.807, 2.05) is 0 Å². The molecule has 0 aromatic carbocycles. The van der Waals surface area contributed by atoms with Crippen LogP contribution in [0.3, 0.4) is 0 Å². The van der Waals surface area contributed by atoms with Crippen molar-refractivity contribution in [3.05, 3.63) is 0 Å². The van der Waals surface area contributed by atoms with Gasteiger partial charge in [0.1, 0.15) is 0 Å². The van der Waals surface area contributed by atoms with Gasteiger partial charge < -0.3 is 0 Å². The molecule has 0 aliphatic heterocycles. The van der Waals surface area contributed by atoms with Crippen LogP contribution < -0.4 is 0 Å². The Balaban J connectivity index is 11.2. The molecule has 0 aromatic heterocycles. The average Bonchev–Trinajstić information content (AvgIpc) is 2.90. The first-order valence-electron chi connectivity index (χ1n) is 16.3. The molecule has 298 valence electrons. The first-order valence-corrected chi connectivity index (χ1v) is 24.7. The second-order valence-electron chi connectivity index (χ2n) is 14.7. The molecule has 0 N–H and O–H groups in total. The molecule has 0 amide bonds. The number of hydrogen-bond acceptors (Lipinski definition) is 5. The summed E-state index contributed by atoms with van der Waals surface area (Å²) in [5.41, 5.74) is 0. The second-order valence-corrected chi connectivity index (χ2v) is 33.4. The van der Waals surface area contributed by atoms with Gasteiger partial charge in [0.05, 0.1) is 0 Å². The van der Waals surface area contributed by atoms with Crippen molar-refractivity contribution in [3.8, 4) is 0 Å². The Morgan fingerprint density at radius 1 is 0.306 bits per heavy atom. The molecule has 0 aliphatic carbocycles. The van der Waals surface area contributed by atoms with E-state index in [-0.39, 0.29) is 6.10 Å². The van der Waals surface area contributed by atoms with E-state index in [9.17, 15) is 0 Å². The fourth-order valence-electron chi connectivity index (χ4n) is 6.66. The Kier molecular flexibility index (Phi) is 18.3. The van der Waals surface area contributed by atoms with Crippen LogP contribution in [0.15, 0.2) is 18.1 Å². The third kappa shape index (κ3) is 9.38. The van der Waals surface area contributed by atoms with Gasteiger partial charge in [-0.15, -0.1) is 0 Å². The normalized spacial score (nSPS) is 15.6. The SMILES string of the molecule is CC(C)OP(N=P(N(C)C)(N(C)C)N(C)C)(N=P(N(C)C)(N(C)C)N(C)C)(N=P(N(C)C)(N(C)C)N(C)C)N=P(N(C)C)(N(C)C)N(C)C. The van der Waals surface area contributed by atoms with Crippen molar-refractivity contribution >= 4 is 37.5 Å². The summed E-state index contributed by atoms with van der Waals surface area (Å²) >= 11 is 0. The molecule has 0 radical (unpaired) electrons. The molecule has 0 unspecified atom stereocenters. The molecule has 17 nitrogen and oxygen atoms in total. The molecule has 0 spiro atoms. The number of hydrogen-bond donors (Lipinski definition) is 0. The quantitative estimate of drug-likeness (QED) is 0.151. The predicted octanol–water partition coefficient (Wildman–Crippen LogP) is 6.06. The van der Waals surface area contributed by atoms with Gasteiger partial charge in [0, 0.05) is 0 Å². The summed E-state index contributed by atoms with van der Waals surface area (Å²) in [4.78, 5) is 0. The fraction of sp³-hybridized carbons (Fsp3) is 1.00. The summed E-state index contributed by atoms with van der Waals surface area (Å²) in [6, 6.07) is 0. The van der Waals surface area contributed by atoms with Crippen LogP contribution >= 0.6 is 37.5 Å².